The Morgan fingerprint density at radius 3 is 0.618 bits per heavy atom. The van der Waals surface area contributed by atoms with Crippen molar-refractivity contribution in [2.75, 3.05) is 39.6 Å². The zero-order valence-corrected chi connectivity index (χ0v) is 74.4. The van der Waals surface area contributed by atoms with Gasteiger partial charge in [-0.15, -0.1) is 0 Å². The second-order valence-electron chi connectivity index (χ2n) is 33.6. The molecule has 0 amide bonds. The zero-order chi connectivity index (χ0) is 80.6. The van der Waals surface area contributed by atoms with Crippen molar-refractivity contribution >= 4 is 39.5 Å². The summed E-state index contributed by atoms with van der Waals surface area (Å²) < 4.78 is 69.1. The summed E-state index contributed by atoms with van der Waals surface area (Å²) in [5.74, 6) is -0.487. The van der Waals surface area contributed by atoms with E-state index in [-0.39, 0.29) is 25.7 Å². The minimum absolute atomic E-state index is 0.108. The first-order valence-corrected chi connectivity index (χ1v) is 50.0. The fourth-order valence-corrected chi connectivity index (χ4v) is 15.9. The summed E-state index contributed by atoms with van der Waals surface area (Å²) in [4.78, 5) is 73.4. The maximum Gasteiger partial charge on any atom is 0.472 e. The number of rotatable bonds is 90. The molecule has 0 saturated carbocycles. The van der Waals surface area contributed by atoms with Gasteiger partial charge in [0, 0.05) is 25.7 Å². The third kappa shape index (κ3) is 84.0. The van der Waals surface area contributed by atoms with Crippen LogP contribution in [0.4, 0.5) is 0 Å². The molecule has 0 aromatic carbocycles. The van der Waals surface area contributed by atoms with Gasteiger partial charge in [-0.2, -0.15) is 0 Å². The van der Waals surface area contributed by atoms with E-state index in [1.165, 1.54) is 308 Å². The summed E-state index contributed by atoms with van der Waals surface area (Å²) >= 11 is 0. The number of phosphoric ester groups is 2. The van der Waals surface area contributed by atoms with Gasteiger partial charge in [0.15, 0.2) is 12.2 Å². The first-order chi connectivity index (χ1) is 53.4. The van der Waals surface area contributed by atoms with Crippen LogP contribution in [0.2, 0.25) is 0 Å². The third-order valence-corrected chi connectivity index (χ3v) is 23.4. The minimum atomic E-state index is -4.97. The molecule has 0 saturated heterocycles. The molecule has 0 aliphatic carbocycles. The van der Waals surface area contributed by atoms with E-state index in [0.717, 1.165) is 102 Å². The molecule has 0 aromatic rings. The van der Waals surface area contributed by atoms with Crippen LogP contribution in [0.1, 0.15) is 491 Å². The van der Waals surface area contributed by atoms with Crippen LogP contribution < -0.4 is 0 Å². The summed E-state index contributed by atoms with van der Waals surface area (Å²) in [5.41, 5.74) is 0. The summed E-state index contributed by atoms with van der Waals surface area (Å²) in [5, 5.41) is 10.7. The quantitative estimate of drug-likeness (QED) is 0.0222. The number of hydrogen-bond acceptors (Lipinski definition) is 15. The largest absolute Gasteiger partial charge is 0.472 e. The topological polar surface area (TPSA) is 237 Å². The van der Waals surface area contributed by atoms with Gasteiger partial charge in [0.2, 0.25) is 0 Å². The number of aliphatic hydroxyl groups excluding tert-OH is 1. The first-order valence-electron chi connectivity index (χ1n) is 47.0. The fraction of sp³-hybridized carbons (Fsp3) is 0.956. The van der Waals surface area contributed by atoms with Crippen LogP contribution >= 0.6 is 15.6 Å². The van der Waals surface area contributed by atoms with Gasteiger partial charge >= 0.3 is 39.5 Å². The summed E-state index contributed by atoms with van der Waals surface area (Å²) in [6.07, 6.45) is 76.4. The van der Waals surface area contributed by atoms with Crippen LogP contribution in [0.25, 0.3) is 0 Å². The van der Waals surface area contributed by atoms with Gasteiger partial charge in [-0.05, 0) is 37.5 Å². The fourth-order valence-electron chi connectivity index (χ4n) is 14.3. The number of aliphatic hydroxyl groups is 1. The lowest BCUT2D eigenvalue weighted by Crippen LogP contribution is -2.30. The Kier molecular flexibility index (Phi) is 80.7. The Bertz CT molecular complexity index is 2100. The van der Waals surface area contributed by atoms with Crippen LogP contribution in [0.5, 0.6) is 0 Å². The second kappa shape index (κ2) is 82.2. The van der Waals surface area contributed by atoms with Crippen LogP contribution in [0.15, 0.2) is 0 Å². The first kappa shape index (κ1) is 108. The molecule has 0 aliphatic rings. The predicted molar refractivity (Wildman–Crippen MR) is 455 cm³/mol. The minimum Gasteiger partial charge on any atom is -0.462 e. The van der Waals surface area contributed by atoms with E-state index < -0.39 is 97.5 Å². The van der Waals surface area contributed by atoms with Crippen molar-refractivity contribution < 1.29 is 80.2 Å². The molecule has 0 aliphatic heterocycles. The van der Waals surface area contributed by atoms with Gasteiger partial charge in [-0.1, -0.05) is 440 Å². The van der Waals surface area contributed by atoms with Gasteiger partial charge in [0.25, 0.3) is 0 Å². The van der Waals surface area contributed by atoms with Gasteiger partial charge in [-0.3, -0.25) is 37.3 Å². The Labute approximate surface area is 677 Å². The van der Waals surface area contributed by atoms with Crippen molar-refractivity contribution in [1.82, 2.24) is 0 Å². The standard InChI is InChI=1S/C91H178O17P2/c1-7-9-11-13-15-17-19-21-22-23-24-25-26-27-28-33-39-45-51-57-63-69-75-90(95)108-87(80-102-89(94)74-68-62-56-50-44-38-32-30-29-31-36-41-47-53-59-65-71-83(3)4)82-106-110(99,100)104-78-85(92)77-103-109(97,98)105-81-86(79-101-88(93)73-67-61-55-49-43-20-18-16-14-12-10-8-2)107-91(96)76-70-64-58-52-46-40-35-34-37-42-48-54-60-66-72-84(5)6/h83-87,92H,7-82H2,1-6H3,(H,97,98)(H,99,100)/t85-,86+,87+/m0/s1. The molecule has 0 fully saturated rings. The Hall–Kier alpha value is -1.94. The van der Waals surface area contributed by atoms with Crippen molar-refractivity contribution in [3.8, 4) is 0 Å². The maximum atomic E-state index is 13.2. The highest BCUT2D eigenvalue weighted by molar-refractivity contribution is 7.47. The van der Waals surface area contributed by atoms with Crippen molar-refractivity contribution in [3.05, 3.63) is 0 Å². The lowest BCUT2D eigenvalue weighted by molar-refractivity contribution is -0.161. The van der Waals surface area contributed by atoms with E-state index in [0.29, 0.717) is 25.7 Å². The van der Waals surface area contributed by atoms with E-state index in [1.807, 2.05) is 0 Å². The number of phosphoric acid groups is 2. The highest BCUT2D eigenvalue weighted by Gasteiger charge is 2.31. The summed E-state index contributed by atoms with van der Waals surface area (Å²) in [6, 6.07) is 0. The second-order valence-corrected chi connectivity index (χ2v) is 36.6. The maximum absolute atomic E-state index is 13.2. The smallest absolute Gasteiger partial charge is 0.462 e. The number of ether oxygens (including phenoxy) is 4. The average Bonchev–Trinajstić information content (AvgIpc) is 0.898. The van der Waals surface area contributed by atoms with Crippen LogP contribution in [0.3, 0.4) is 0 Å². The molecule has 0 bridgehead atoms. The molecule has 0 rings (SSSR count). The van der Waals surface area contributed by atoms with Crippen LogP contribution in [-0.2, 0) is 65.4 Å². The lowest BCUT2D eigenvalue weighted by Gasteiger charge is -2.21. The van der Waals surface area contributed by atoms with Crippen molar-refractivity contribution in [3.63, 3.8) is 0 Å². The molecule has 110 heavy (non-hydrogen) atoms. The lowest BCUT2D eigenvalue weighted by atomic mass is 10.0. The number of esters is 4. The Morgan fingerprint density at radius 2 is 0.418 bits per heavy atom. The SMILES string of the molecule is CCCCCCCCCCCCCCCCCCCCCCCCC(=O)O[C@H](COC(=O)CCCCCCCCCCCCCCCCCCC(C)C)COP(=O)(O)OC[C@@H](O)COP(=O)(O)OC[C@@H](COC(=O)CCCCCCCCCCCCCC)OC(=O)CCCCCCCCCCCCCCCCC(C)C. The van der Waals surface area contributed by atoms with Gasteiger partial charge < -0.3 is 33.8 Å². The average molecular weight is 1610 g/mol. The Morgan fingerprint density at radius 1 is 0.245 bits per heavy atom. The van der Waals surface area contributed by atoms with Crippen molar-refractivity contribution in [2.45, 2.75) is 509 Å². The van der Waals surface area contributed by atoms with Gasteiger partial charge in [-0.25, -0.2) is 9.13 Å². The third-order valence-electron chi connectivity index (χ3n) is 21.5. The van der Waals surface area contributed by atoms with E-state index >= 15 is 0 Å². The monoisotopic (exact) mass is 1610 g/mol. The zero-order valence-electron chi connectivity index (χ0n) is 72.6. The van der Waals surface area contributed by atoms with Gasteiger partial charge in [0.05, 0.1) is 26.4 Å². The highest BCUT2D eigenvalue weighted by Crippen LogP contribution is 2.45. The number of carbonyl (C=O) groups excluding carboxylic acids is 4. The number of unbranched alkanes of at least 4 members (excludes halogenated alkanes) is 60. The normalized spacial score (nSPS) is 13.7. The predicted octanol–water partition coefficient (Wildman–Crippen LogP) is 28.2. The van der Waals surface area contributed by atoms with E-state index in [2.05, 4.69) is 41.5 Å². The van der Waals surface area contributed by atoms with Crippen LogP contribution in [-0.4, -0.2) is 96.7 Å². The number of carbonyl (C=O) groups is 4. The molecule has 0 spiro atoms. The summed E-state index contributed by atoms with van der Waals surface area (Å²) in [6.45, 7) is 9.76. The Balaban J connectivity index is 5.24. The molecular formula is C91H178O17P2. The molecule has 19 heteroatoms. The molecule has 2 unspecified atom stereocenters. The molecule has 654 valence electrons. The molecule has 5 atom stereocenters. The highest BCUT2D eigenvalue weighted by atomic mass is 31.2. The van der Waals surface area contributed by atoms with Gasteiger partial charge in [0.1, 0.15) is 19.3 Å². The van der Waals surface area contributed by atoms with E-state index in [1.54, 1.807) is 0 Å². The van der Waals surface area contributed by atoms with Crippen molar-refractivity contribution in [1.29, 1.82) is 0 Å². The molecule has 0 aromatic heterocycles. The molecular weight excluding hydrogens is 1430 g/mol. The summed E-state index contributed by atoms with van der Waals surface area (Å²) in [7, 11) is -9.94. The molecule has 0 radical (unpaired) electrons. The van der Waals surface area contributed by atoms with E-state index in [9.17, 15) is 43.2 Å². The number of hydrogen-bond donors (Lipinski definition) is 3. The van der Waals surface area contributed by atoms with E-state index in [4.69, 9.17) is 37.0 Å². The molecule has 17 nitrogen and oxygen atoms in total. The van der Waals surface area contributed by atoms with Crippen molar-refractivity contribution in [2.24, 2.45) is 11.8 Å². The molecule has 3 N–H and O–H groups in total. The molecule has 0 heterocycles. The van der Waals surface area contributed by atoms with Crippen LogP contribution in [0, 0.1) is 11.8 Å².